The maximum atomic E-state index is 12.3. The Kier molecular flexibility index (Phi) is 51.9. The van der Waals surface area contributed by atoms with Gasteiger partial charge in [0.25, 0.3) is 0 Å². The van der Waals surface area contributed by atoms with Gasteiger partial charge in [0.2, 0.25) is 0 Å². The van der Waals surface area contributed by atoms with E-state index in [2.05, 4.69) is 98.9 Å². The van der Waals surface area contributed by atoms with Crippen LogP contribution >= 0.6 is 0 Å². The maximum absolute atomic E-state index is 12.3. The third-order valence-electron chi connectivity index (χ3n) is 11.7. The monoisotopic (exact) mass is 891 g/mol. The van der Waals surface area contributed by atoms with Crippen molar-refractivity contribution in [3.05, 3.63) is 85.1 Å². The summed E-state index contributed by atoms with van der Waals surface area (Å²) < 4.78 is 10.7. The lowest BCUT2D eigenvalue weighted by molar-refractivity contribution is -0.161. The Morgan fingerprint density at radius 3 is 1.02 bits per heavy atom. The minimum absolute atomic E-state index is 0.0704. The Morgan fingerprint density at radius 1 is 0.375 bits per heavy atom. The number of ether oxygens (including phenoxy) is 2. The van der Waals surface area contributed by atoms with Crippen LogP contribution in [0.4, 0.5) is 0 Å². The van der Waals surface area contributed by atoms with E-state index in [1.165, 1.54) is 154 Å². The minimum atomic E-state index is -0.779. The fourth-order valence-electron chi connectivity index (χ4n) is 7.61. The van der Waals surface area contributed by atoms with E-state index in [-0.39, 0.29) is 25.2 Å². The molecule has 0 amide bonds. The van der Waals surface area contributed by atoms with E-state index in [0.717, 1.165) is 77.0 Å². The highest BCUT2D eigenvalue weighted by molar-refractivity contribution is 5.70. The predicted octanol–water partition coefficient (Wildman–Crippen LogP) is 18.2. The number of allylic oxidation sites excluding steroid dienone is 14. The number of hydrogen-bond donors (Lipinski definition) is 1. The van der Waals surface area contributed by atoms with Crippen LogP contribution in [0.2, 0.25) is 0 Å². The van der Waals surface area contributed by atoms with Crippen molar-refractivity contribution < 1.29 is 24.2 Å². The van der Waals surface area contributed by atoms with Crippen molar-refractivity contribution in [3.8, 4) is 0 Å². The molecule has 1 atom stereocenters. The van der Waals surface area contributed by atoms with Gasteiger partial charge < -0.3 is 14.6 Å². The summed E-state index contributed by atoms with van der Waals surface area (Å²) in [4.78, 5) is 24.5. The molecule has 5 nitrogen and oxygen atoms in total. The smallest absolute Gasteiger partial charge is 0.306 e. The van der Waals surface area contributed by atoms with Gasteiger partial charge in [-0.1, -0.05) is 240 Å². The van der Waals surface area contributed by atoms with E-state index in [9.17, 15) is 14.7 Å². The zero-order chi connectivity index (χ0) is 46.3. The van der Waals surface area contributed by atoms with Crippen molar-refractivity contribution in [1.29, 1.82) is 0 Å². The number of aliphatic hydroxyl groups is 1. The molecule has 1 unspecified atom stereocenters. The van der Waals surface area contributed by atoms with E-state index in [1.54, 1.807) is 0 Å². The maximum Gasteiger partial charge on any atom is 0.306 e. The number of carbonyl (C=O) groups is 2. The van der Waals surface area contributed by atoms with Crippen molar-refractivity contribution in [2.24, 2.45) is 0 Å². The van der Waals surface area contributed by atoms with Crippen LogP contribution in [0.3, 0.4) is 0 Å². The fourth-order valence-corrected chi connectivity index (χ4v) is 7.61. The zero-order valence-corrected chi connectivity index (χ0v) is 42.0. The molecule has 64 heavy (non-hydrogen) atoms. The lowest BCUT2D eigenvalue weighted by atomic mass is 10.0. The second-order valence-electron chi connectivity index (χ2n) is 17.9. The van der Waals surface area contributed by atoms with Gasteiger partial charge in [0, 0.05) is 12.8 Å². The normalized spacial score (nSPS) is 12.9. The van der Waals surface area contributed by atoms with Gasteiger partial charge in [-0.3, -0.25) is 9.59 Å². The number of unbranched alkanes of at least 4 members (excludes halogenated alkanes) is 27. The third kappa shape index (κ3) is 51.7. The van der Waals surface area contributed by atoms with Crippen LogP contribution < -0.4 is 0 Å². The van der Waals surface area contributed by atoms with Crippen LogP contribution in [-0.4, -0.2) is 36.4 Å². The molecule has 0 spiro atoms. The average molecular weight is 891 g/mol. The van der Waals surface area contributed by atoms with Gasteiger partial charge >= 0.3 is 11.9 Å². The molecule has 0 saturated heterocycles. The number of hydrogen-bond acceptors (Lipinski definition) is 5. The quantitative estimate of drug-likeness (QED) is 0.0374. The lowest BCUT2D eigenvalue weighted by Gasteiger charge is -2.15. The SMILES string of the molecule is CC/C=C\C/C=C\C/C=C\C/C=C\C/C=C\CCCCCCCCCCCCCC(=O)OC(CO)COC(=O)CCCCCCCCCCCCC/C=C\C/C=C\CCCCCCC. The number of aliphatic hydroxyl groups excluding tert-OH is 1. The first-order valence-electron chi connectivity index (χ1n) is 27.1. The standard InChI is InChI=1S/C59H102O5/c1-3-5-7-9-11-13-15-17-19-21-23-25-27-28-29-30-32-34-36-38-40-42-44-46-48-50-52-54-59(62)64-57(55-60)56-63-58(61)53-51-49-47-45-43-41-39-37-35-33-31-26-24-22-20-18-16-14-12-10-8-6-4-2/h5,7,11,13,16-19,22-25,28-29,57,60H,3-4,6,8-10,12,14-15,20-21,26-27,30-56H2,1-2H3/b7-5-,13-11-,18-16-,19-17-,24-22-,25-23-,29-28-. The molecule has 0 heterocycles. The first-order valence-corrected chi connectivity index (χ1v) is 27.1. The van der Waals surface area contributed by atoms with Crippen LogP contribution in [-0.2, 0) is 19.1 Å². The Labute approximate surface area is 396 Å². The van der Waals surface area contributed by atoms with Crippen molar-refractivity contribution in [1.82, 2.24) is 0 Å². The molecule has 0 aliphatic carbocycles. The highest BCUT2D eigenvalue weighted by Crippen LogP contribution is 2.15. The number of rotatable bonds is 49. The molecule has 0 rings (SSSR count). The first kappa shape index (κ1) is 61.1. The van der Waals surface area contributed by atoms with Crippen LogP contribution in [0.25, 0.3) is 0 Å². The van der Waals surface area contributed by atoms with Crippen molar-refractivity contribution in [3.63, 3.8) is 0 Å². The van der Waals surface area contributed by atoms with Crippen LogP contribution in [0.1, 0.15) is 258 Å². The lowest BCUT2D eigenvalue weighted by Crippen LogP contribution is -2.28. The second-order valence-corrected chi connectivity index (χ2v) is 17.9. The minimum Gasteiger partial charge on any atom is -0.462 e. The summed E-state index contributed by atoms with van der Waals surface area (Å²) in [7, 11) is 0. The summed E-state index contributed by atoms with van der Waals surface area (Å²) in [6.07, 6.45) is 75.4. The van der Waals surface area contributed by atoms with Crippen LogP contribution in [0.5, 0.6) is 0 Å². The summed E-state index contributed by atoms with van der Waals surface area (Å²) >= 11 is 0. The van der Waals surface area contributed by atoms with E-state index >= 15 is 0 Å². The Hall–Kier alpha value is -2.92. The Bertz CT molecular complexity index is 1190. The predicted molar refractivity (Wildman–Crippen MR) is 279 cm³/mol. The molecule has 0 saturated carbocycles. The van der Waals surface area contributed by atoms with Crippen LogP contribution in [0, 0.1) is 0 Å². The molecule has 368 valence electrons. The molecule has 0 aliphatic heterocycles. The Balaban J connectivity index is 3.52. The summed E-state index contributed by atoms with van der Waals surface area (Å²) in [6, 6.07) is 0. The van der Waals surface area contributed by atoms with E-state index in [1.807, 2.05) is 0 Å². The number of carbonyl (C=O) groups excluding carboxylic acids is 2. The van der Waals surface area contributed by atoms with Gasteiger partial charge in [-0.25, -0.2) is 0 Å². The third-order valence-corrected chi connectivity index (χ3v) is 11.7. The van der Waals surface area contributed by atoms with E-state index in [4.69, 9.17) is 9.47 Å². The average Bonchev–Trinajstić information content (AvgIpc) is 3.30. The summed E-state index contributed by atoms with van der Waals surface area (Å²) in [5, 5.41) is 9.65. The fraction of sp³-hybridized carbons (Fsp3) is 0.729. The van der Waals surface area contributed by atoms with Gasteiger partial charge in [-0.2, -0.15) is 0 Å². The highest BCUT2D eigenvalue weighted by atomic mass is 16.6. The van der Waals surface area contributed by atoms with Gasteiger partial charge in [0.15, 0.2) is 6.10 Å². The topological polar surface area (TPSA) is 72.8 Å². The Morgan fingerprint density at radius 2 is 0.672 bits per heavy atom. The van der Waals surface area contributed by atoms with Gasteiger partial charge in [0.1, 0.15) is 6.61 Å². The second kappa shape index (κ2) is 54.4. The van der Waals surface area contributed by atoms with Crippen molar-refractivity contribution in [2.75, 3.05) is 13.2 Å². The molecule has 1 N–H and O–H groups in total. The molecule has 0 bridgehead atoms. The van der Waals surface area contributed by atoms with Crippen LogP contribution in [0.15, 0.2) is 85.1 Å². The van der Waals surface area contributed by atoms with Gasteiger partial charge in [0.05, 0.1) is 6.61 Å². The summed E-state index contributed by atoms with van der Waals surface area (Å²) in [6.45, 7) is 4.03. The summed E-state index contributed by atoms with van der Waals surface area (Å²) in [5.74, 6) is -0.593. The largest absolute Gasteiger partial charge is 0.462 e. The number of esters is 2. The molecule has 0 aromatic rings. The zero-order valence-electron chi connectivity index (χ0n) is 42.0. The summed E-state index contributed by atoms with van der Waals surface area (Å²) in [5.41, 5.74) is 0. The molecule has 0 aromatic heterocycles. The van der Waals surface area contributed by atoms with E-state index < -0.39 is 6.10 Å². The highest BCUT2D eigenvalue weighted by Gasteiger charge is 2.16. The molecule has 0 fully saturated rings. The first-order chi connectivity index (χ1) is 31.6. The van der Waals surface area contributed by atoms with Gasteiger partial charge in [-0.15, -0.1) is 0 Å². The van der Waals surface area contributed by atoms with Crippen molar-refractivity contribution in [2.45, 2.75) is 264 Å². The molecule has 0 aromatic carbocycles. The van der Waals surface area contributed by atoms with Gasteiger partial charge in [-0.05, 0) is 89.9 Å². The van der Waals surface area contributed by atoms with E-state index in [0.29, 0.717) is 12.8 Å². The molecule has 5 heteroatoms. The van der Waals surface area contributed by atoms with Crippen molar-refractivity contribution >= 4 is 11.9 Å². The molecular formula is C59H102O5. The molecule has 0 radical (unpaired) electrons. The molecule has 0 aliphatic rings. The molecular weight excluding hydrogens is 789 g/mol.